The zero-order valence-corrected chi connectivity index (χ0v) is 10.2. The van der Waals surface area contributed by atoms with E-state index in [1.165, 1.54) is 5.56 Å². The molecule has 0 atom stereocenters. The second kappa shape index (κ2) is 3.33. The van der Waals surface area contributed by atoms with E-state index in [-0.39, 0.29) is 5.41 Å². The highest BCUT2D eigenvalue weighted by atomic mass is 14.7. The lowest BCUT2D eigenvalue weighted by molar-refractivity contribution is 0.583. The van der Waals surface area contributed by atoms with Gasteiger partial charge in [0.1, 0.15) is 0 Å². The summed E-state index contributed by atoms with van der Waals surface area (Å²) in [7, 11) is 0. The molecule has 0 aromatic heterocycles. The third-order valence-electron chi connectivity index (χ3n) is 2.89. The van der Waals surface area contributed by atoms with Crippen molar-refractivity contribution in [2.45, 2.75) is 40.0 Å². The lowest BCUT2D eigenvalue weighted by Crippen LogP contribution is -2.18. The lowest BCUT2D eigenvalue weighted by Gasteiger charge is -2.27. The first kappa shape index (κ1) is 11.7. The van der Waals surface area contributed by atoms with E-state index in [1.807, 2.05) is 13.8 Å². The van der Waals surface area contributed by atoms with E-state index in [0.29, 0.717) is 17.1 Å². The fourth-order valence-electron chi connectivity index (χ4n) is 2.22. The van der Waals surface area contributed by atoms with Crippen molar-refractivity contribution in [2.75, 3.05) is 17.2 Å². The van der Waals surface area contributed by atoms with Gasteiger partial charge >= 0.3 is 0 Å². The summed E-state index contributed by atoms with van der Waals surface area (Å²) >= 11 is 0. The van der Waals surface area contributed by atoms with Crippen LogP contribution in [0.1, 0.15) is 37.5 Å². The van der Waals surface area contributed by atoms with Crippen molar-refractivity contribution in [1.29, 1.82) is 0 Å². The van der Waals surface area contributed by atoms with Crippen molar-refractivity contribution in [1.82, 2.24) is 0 Å². The van der Waals surface area contributed by atoms with Crippen LogP contribution >= 0.6 is 0 Å². The van der Waals surface area contributed by atoms with Crippen LogP contribution in [-0.2, 0) is 5.41 Å². The first-order valence-corrected chi connectivity index (χ1v) is 5.12. The molecule has 0 unspecified atom stereocenters. The third-order valence-corrected chi connectivity index (χ3v) is 2.89. The summed E-state index contributed by atoms with van der Waals surface area (Å²) in [6.07, 6.45) is 0. The Hall–Kier alpha value is -1.38. The van der Waals surface area contributed by atoms with Gasteiger partial charge in [0.05, 0.1) is 17.1 Å². The first-order chi connectivity index (χ1) is 6.68. The summed E-state index contributed by atoms with van der Waals surface area (Å²) in [4.78, 5) is 0. The van der Waals surface area contributed by atoms with Gasteiger partial charge in [0.15, 0.2) is 0 Å². The normalized spacial score (nSPS) is 11.8. The molecule has 0 saturated carbocycles. The second-order valence-corrected chi connectivity index (χ2v) is 5.12. The van der Waals surface area contributed by atoms with Crippen LogP contribution in [0.2, 0.25) is 0 Å². The topological polar surface area (TPSA) is 78.1 Å². The molecule has 0 fully saturated rings. The SMILES string of the molecule is Cc1c(N)c(N)c(N)c(C)c1C(C)(C)C. The molecule has 0 radical (unpaired) electrons. The summed E-state index contributed by atoms with van der Waals surface area (Å²) in [6.45, 7) is 10.4. The van der Waals surface area contributed by atoms with Crippen molar-refractivity contribution < 1.29 is 0 Å². The Bertz CT molecular complexity index is 371. The van der Waals surface area contributed by atoms with E-state index >= 15 is 0 Å². The van der Waals surface area contributed by atoms with Gasteiger partial charge in [-0.1, -0.05) is 20.8 Å². The van der Waals surface area contributed by atoms with Crippen molar-refractivity contribution in [2.24, 2.45) is 0 Å². The lowest BCUT2D eigenvalue weighted by atomic mass is 9.80. The molecule has 0 heterocycles. The Morgan fingerprint density at radius 1 is 0.733 bits per heavy atom. The molecule has 0 saturated heterocycles. The van der Waals surface area contributed by atoms with Crippen LogP contribution in [0.15, 0.2) is 0 Å². The molecule has 0 bridgehead atoms. The maximum Gasteiger partial charge on any atom is 0.0787 e. The smallest absolute Gasteiger partial charge is 0.0787 e. The maximum atomic E-state index is 5.94. The number of hydrogen-bond donors (Lipinski definition) is 3. The van der Waals surface area contributed by atoms with Gasteiger partial charge < -0.3 is 17.2 Å². The second-order valence-electron chi connectivity index (χ2n) is 5.12. The van der Waals surface area contributed by atoms with Gasteiger partial charge in [-0.3, -0.25) is 0 Å². The van der Waals surface area contributed by atoms with Gasteiger partial charge in [-0.05, 0) is 36.0 Å². The van der Waals surface area contributed by atoms with Gasteiger partial charge in [0.25, 0.3) is 0 Å². The Balaban J connectivity index is 3.68. The molecule has 0 amide bonds. The van der Waals surface area contributed by atoms with Crippen LogP contribution in [0.3, 0.4) is 0 Å². The van der Waals surface area contributed by atoms with Crippen LogP contribution in [0, 0.1) is 13.8 Å². The molecule has 1 rings (SSSR count). The highest BCUT2D eigenvalue weighted by molar-refractivity contribution is 5.84. The molecule has 0 aliphatic rings. The number of nitrogen functional groups attached to an aromatic ring is 3. The highest BCUT2D eigenvalue weighted by Gasteiger charge is 2.23. The fourth-order valence-corrected chi connectivity index (χ4v) is 2.22. The van der Waals surface area contributed by atoms with E-state index in [0.717, 1.165) is 11.1 Å². The summed E-state index contributed by atoms with van der Waals surface area (Å²) in [5.41, 5.74) is 22.8. The number of rotatable bonds is 0. The molecule has 1 aromatic rings. The van der Waals surface area contributed by atoms with E-state index in [1.54, 1.807) is 0 Å². The van der Waals surface area contributed by atoms with Gasteiger partial charge in [-0.2, -0.15) is 0 Å². The van der Waals surface area contributed by atoms with E-state index in [2.05, 4.69) is 20.8 Å². The number of benzene rings is 1. The minimum Gasteiger partial charge on any atom is -0.397 e. The fraction of sp³-hybridized carbons (Fsp3) is 0.500. The number of hydrogen-bond acceptors (Lipinski definition) is 3. The van der Waals surface area contributed by atoms with Crippen molar-refractivity contribution >= 4 is 17.1 Å². The number of nitrogens with two attached hydrogens (primary N) is 3. The standard InChI is InChI=1S/C12H21N3/c1-6-8(12(3,4)5)7(2)10(14)11(15)9(6)13/h13-15H2,1-5H3. The summed E-state index contributed by atoms with van der Waals surface area (Å²) < 4.78 is 0. The minimum atomic E-state index is 0.0319. The predicted molar refractivity (Wildman–Crippen MR) is 67.9 cm³/mol. The molecule has 0 spiro atoms. The van der Waals surface area contributed by atoms with Crippen LogP contribution in [0.4, 0.5) is 17.1 Å². The van der Waals surface area contributed by atoms with Gasteiger partial charge in [0, 0.05) is 0 Å². The molecular weight excluding hydrogens is 186 g/mol. The van der Waals surface area contributed by atoms with Crippen LogP contribution < -0.4 is 17.2 Å². The molecule has 15 heavy (non-hydrogen) atoms. The molecule has 0 aliphatic carbocycles. The average Bonchev–Trinajstić information content (AvgIpc) is 2.09. The zero-order chi connectivity index (χ0) is 12.0. The monoisotopic (exact) mass is 207 g/mol. The minimum absolute atomic E-state index is 0.0319. The average molecular weight is 207 g/mol. The van der Waals surface area contributed by atoms with Crippen molar-refractivity contribution in [3.8, 4) is 0 Å². The molecule has 1 aromatic carbocycles. The largest absolute Gasteiger partial charge is 0.397 e. The quantitative estimate of drug-likeness (QED) is 0.571. The molecule has 3 heteroatoms. The van der Waals surface area contributed by atoms with Gasteiger partial charge in [-0.15, -0.1) is 0 Å². The molecule has 0 aliphatic heterocycles. The zero-order valence-electron chi connectivity index (χ0n) is 10.2. The van der Waals surface area contributed by atoms with Crippen molar-refractivity contribution in [3.05, 3.63) is 16.7 Å². The van der Waals surface area contributed by atoms with Crippen LogP contribution in [0.25, 0.3) is 0 Å². The predicted octanol–water partition coefficient (Wildman–Crippen LogP) is 2.35. The Morgan fingerprint density at radius 2 is 1.07 bits per heavy atom. The first-order valence-electron chi connectivity index (χ1n) is 5.12. The Kier molecular flexibility index (Phi) is 2.60. The van der Waals surface area contributed by atoms with E-state index in [4.69, 9.17) is 17.2 Å². The van der Waals surface area contributed by atoms with Gasteiger partial charge in [-0.25, -0.2) is 0 Å². The van der Waals surface area contributed by atoms with Crippen molar-refractivity contribution in [3.63, 3.8) is 0 Å². The van der Waals surface area contributed by atoms with Crippen LogP contribution in [0.5, 0.6) is 0 Å². The maximum absolute atomic E-state index is 5.94. The molecular formula is C12H21N3. The molecule has 84 valence electrons. The van der Waals surface area contributed by atoms with Gasteiger partial charge in [0.2, 0.25) is 0 Å². The third kappa shape index (κ3) is 1.74. The summed E-state index contributed by atoms with van der Waals surface area (Å²) in [5.74, 6) is 0. The summed E-state index contributed by atoms with van der Waals surface area (Å²) in [6, 6.07) is 0. The summed E-state index contributed by atoms with van der Waals surface area (Å²) in [5, 5.41) is 0. The van der Waals surface area contributed by atoms with Crippen LogP contribution in [-0.4, -0.2) is 0 Å². The van der Waals surface area contributed by atoms with E-state index in [9.17, 15) is 0 Å². The molecule has 6 N–H and O–H groups in total. The Morgan fingerprint density at radius 3 is 1.33 bits per heavy atom. The number of anilines is 3. The highest BCUT2D eigenvalue weighted by Crippen LogP contribution is 2.39. The van der Waals surface area contributed by atoms with E-state index < -0.39 is 0 Å². The Labute approximate surface area is 91.6 Å². The molecule has 3 nitrogen and oxygen atoms in total.